The maximum Gasteiger partial charge on any atom is 0.244 e. The fourth-order valence-electron chi connectivity index (χ4n) is 4.58. The van der Waals surface area contributed by atoms with Crippen molar-refractivity contribution >= 4 is 27.5 Å². The molecule has 0 aromatic heterocycles. The predicted octanol–water partition coefficient (Wildman–Crippen LogP) is 3.88. The highest BCUT2D eigenvalue weighted by Crippen LogP contribution is 2.22. The molecule has 0 unspecified atom stereocenters. The van der Waals surface area contributed by atoms with Crippen molar-refractivity contribution < 1.29 is 18.0 Å². The maximum absolute atomic E-state index is 13.7. The van der Waals surface area contributed by atoms with Crippen molar-refractivity contribution in [2.75, 3.05) is 17.1 Å². The van der Waals surface area contributed by atoms with Crippen LogP contribution in [0.15, 0.2) is 54.6 Å². The molecule has 3 rings (SSSR count). The van der Waals surface area contributed by atoms with Crippen LogP contribution < -0.4 is 9.62 Å². The SMILES string of the molecule is CCc1ccc(N(CC(=O)N(Cc2ccccc2)[C@@H](CC)C(=O)NC2CCCC2)S(C)(=O)=O)cc1. The molecule has 7 nitrogen and oxygen atoms in total. The minimum absolute atomic E-state index is 0.134. The molecular formula is C27H37N3O4S. The van der Waals surface area contributed by atoms with E-state index in [0.29, 0.717) is 12.1 Å². The molecule has 0 radical (unpaired) electrons. The molecule has 1 aliphatic carbocycles. The van der Waals surface area contributed by atoms with Gasteiger partial charge < -0.3 is 10.2 Å². The third-order valence-corrected chi connectivity index (χ3v) is 7.74. The zero-order valence-electron chi connectivity index (χ0n) is 20.9. The summed E-state index contributed by atoms with van der Waals surface area (Å²) in [6.07, 6.45) is 6.44. The number of nitrogens with zero attached hydrogens (tertiary/aromatic N) is 2. The monoisotopic (exact) mass is 499 g/mol. The quantitative estimate of drug-likeness (QED) is 0.508. The summed E-state index contributed by atoms with van der Waals surface area (Å²) in [6.45, 7) is 3.75. The summed E-state index contributed by atoms with van der Waals surface area (Å²) >= 11 is 0. The summed E-state index contributed by atoms with van der Waals surface area (Å²) < 4.78 is 26.5. The number of carbonyl (C=O) groups is 2. The summed E-state index contributed by atoms with van der Waals surface area (Å²) in [6, 6.07) is 16.1. The van der Waals surface area contributed by atoms with E-state index in [2.05, 4.69) is 5.32 Å². The largest absolute Gasteiger partial charge is 0.352 e. The van der Waals surface area contributed by atoms with Gasteiger partial charge in [-0.25, -0.2) is 8.42 Å². The van der Waals surface area contributed by atoms with Gasteiger partial charge in [0.2, 0.25) is 21.8 Å². The minimum Gasteiger partial charge on any atom is -0.352 e. The maximum atomic E-state index is 13.7. The van der Waals surface area contributed by atoms with Crippen molar-refractivity contribution in [3.63, 3.8) is 0 Å². The molecule has 0 heterocycles. The molecule has 1 saturated carbocycles. The Morgan fingerprint density at radius 1 is 0.971 bits per heavy atom. The predicted molar refractivity (Wildman–Crippen MR) is 139 cm³/mol. The Labute approximate surface area is 209 Å². The standard InChI is InChI=1S/C27H37N3O4S/c1-4-21-15-17-24(18-16-21)30(35(3,33)34)20-26(31)29(19-22-11-7-6-8-12-22)25(5-2)27(32)28-23-13-9-10-14-23/h6-8,11-12,15-18,23,25H,4-5,9-10,13-14,19-20H2,1-3H3,(H,28,32)/t25-/m0/s1. The number of sulfonamides is 1. The van der Waals surface area contributed by atoms with Gasteiger partial charge in [0.05, 0.1) is 11.9 Å². The number of aryl methyl sites for hydroxylation is 1. The van der Waals surface area contributed by atoms with Crippen molar-refractivity contribution in [1.82, 2.24) is 10.2 Å². The number of hydrogen-bond acceptors (Lipinski definition) is 4. The number of carbonyl (C=O) groups excluding carboxylic acids is 2. The number of amides is 2. The Bertz CT molecular complexity index is 1080. The first-order valence-corrected chi connectivity index (χ1v) is 14.3. The highest BCUT2D eigenvalue weighted by atomic mass is 32.2. The van der Waals surface area contributed by atoms with E-state index in [9.17, 15) is 18.0 Å². The van der Waals surface area contributed by atoms with Gasteiger partial charge in [0.1, 0.15) is 12.6 Å². The van der Waals surface area contributed by atoms with E-state index in [1.165, 1.54) is 4.90 Å². The van der Waals surface area contributed by atoms with Crippen LogP contribution in [-0.4, -0.2) is 50.0 Å². The molecule has 0 spiro atoms. The average molecular weight is 500 g/mol. The summed E-state index contributed by atoms with van der Waals surface area (Å²) in [4.78, 5) is 28.5. The summed E-state index contributed by atoms with van der Waals surface area (Å²) in [5, 5.41) is 3.11. The normalized spacial score (nSPS) is 14.9. The van der Waals surface area contributed by atoms with E-state index in [4.69, 9.17) is 0 Å². The smallest absolute Gasteiger partial charge is 0.244 e. The van der Waals surface area contributed by atoms with Crippen molar-refractivity contribution in [2.45, 2.75) is 71.0 Å². The van der Waals surface area contributed by atoms with E-state index < -0.39 is 22.0 Å². The number of anilines is 1. The molecule has 1 atom stereocenters. The second kappa shape index (κ2) is 12.2. The van der Waals surface area contributed by atoms with Crippen LogP contribution in [0.2, 0.25) is 0 Å². The molecule has 0 aliphatic heterocycles. The van der Waals surface area contributed by atoms with Gasteiger partial charge >= 0.3 is 0 Å². The molecule has 2 aromatic carbocycles. The van der Waals surface area contributed by atoms with Crippen molar-refractivity contribution in [3.8, 4) is 0 Å². The average Bonchev–Trinajstić information content (AvgIpc) is 3.35. The van der Waals surface area contributed by atoms with Crippen LogP contribution in [0.4, 0.5) is 5.69 Å². The van der Waals surface area contributed by atoms with Gasteiger partial charge in [-0.3, -0.25) is 13.9 Å². The number of hydrogen-bond donors (Lipinski definition) is 1. The van der Waals surface area contributed by atoms with E-state index >= 15 is 0 Å². The van der Waals surface area contributed by atoms with Crippen LogP contribution in [0.1, 0.15) is 57.1 Å². The first kappa shape index (κ1) is 26.7. The molecule has 1 fully saturated rings. The van der Waals surface area contributed by atoms with Crippen LogP contribution in [0.5, 0.6) is 0 Å². The van der Waals surface area contributed by atoms with Gasteiger partial charge in [-0.2, -0.15) is 0 Å². The molecular weight excluding hydrogens is 462 g/mol. The van der Waals surface area contributed by atoms with Gasteiger partial charge in [0, 0.05) is 12.6 Å². The second-order valence-corrected chi connectivity index (χ2v) is 11.1. The topological polar surface area (TPSA) is 86.8 Å². The highest BCUT2D eigenvalue weighted by Gasteiger charge is 2.32. The third-order valence-electron chi connectivity index (χ3n) is 6.59. The molecule has 2 aromatic rings. The van der Waals surface area contributed by atoms with E-state index in [-0.39, 0.29) is 25.0 Å². The first-order chi connectivity index (χ1) is 16.7. The first-order valence-electron chi connectivity index (χ1n) is 12.4. The van der Waals surface area contributed by atoms with E-state index in [1.54, 1.807) is 12.1 Å². The molecule has 1 aliphatic rings. The fraction of sp³-hybridized carbons (Fsp3) is 0.481. The Balaban J connectivity index is 1.89. The molecule has 190 valence electrons. The Morgan fingerprint density at radius 3 is 2.14 bits per heavy atom. The highest BCUT2D eigenvalue weighted by molar-refractivity contribution is 7.92. The lowest BCUT2D eigenvalue weighted by Crippen LogP contribution is -2.53. The lowest BCUT2D eigenvalue weighted by Gasteiger charge is -2.33. The van der Waals surface area contributed by atoms with Crippen LogP contribution in [0.25, 0.3) is 0 Å². The number of benzene rings is 2. The van der Waals surface area contributed by atoms with Crippen LogP contribution >= 0.6 is 0 Å². The summed E-state index contributed by atoms with van der Waals surface area (Å²) in [5.41, 5.74) is 2.39. The van der Waals surface area contributed by atoms with Crippen LogP contribution in [0, 0.1) is 0 Å². The van der Waals surface area contributed by atoms with Crippen LogP contribution in [-0.2, 0) is 32.6 Å². The van der Waals surface area contributed by atoms with Crippen molar-refractivity contribution in [3.05, 3.63) is 65.7 Å². The molecule has 0 saturated heterocycles. The fourth-order valence-corrected chi connectivity index (χ4v) is 5.43. The third kappa shape index (κ3) is 7.31. The zero-order valence-corrected chi connectivity index (χ0v) is 21.8. The van der Waals surface area contributed by atoms with Crippen LogP contribution in [0.3, 0.4) is 0 Å². The Kier molecular flexibility index (Phi) is 9.32. The van der Waals surface area contributed by atoms with E-state index in [0.717, 1.165) is 53.8 Å². The van der Waals surface area contributed by atoms with Gasteiger partial charge in [-0.1, -0.05) is 69.2 Å². The molecule has 1 N–H and O–H groups in total. The van der Waals surface area contributed by atoms with Crippen molar-refractivity contribution in [1.29, 1.82) is 0 Å². The summed E-state index contributed by atoms with van der Waals surface area (Å²) in [7, 11) is -3.73. The Hall–Kier alpha value is -2.87. The molecule has 0 bridgehead atoms. The second-order valence-electron chi connectivity index (χ2n) is 9.21. The van der Waals surface area contributed by atoms with Gasteiger partial charge in [0.15, 0.2) is 0 Å². The minimum atomic E-state index is -3.73. The van der Waals surface area contributed by atoms with Gasteiger partial charge in [-0.05, 0) is 48.9 Å². The number of nitrogens with one attached hydrogen (secondary N) is 1. The van der Waals surface area contributed by atoms with E-state index in [1.807, 2.05) is 56.3 Å². The lowest BCUT2D eigenvalue weighted by molar-refractivity contribution is -0.140. The molecule has 2 amide bonds. The van der Waals surface area contributed by atoms with Crippen molar-refractivity contribution in [2.24, 2.45) is 0 Å². The lowest BCUT2D eigenvalue weighted by atomic mass is 10.1. The summed E-state index contributed by atoms with van der Waals surface area (Å²) in [5.74, 6) is -0.589. The molecule has 8 heteroatoms. The number of rotatable bonds is 11. The zero-order chi connectivity index (χ0) is 25.4. The van der Waals surface area contributed by atoms with Gasteiger partial charge in [-0.15, -0.1) is 0 Å². The molecule has 35 heavy (non-hydrogen) atoms. The van der Waals surface area contributed by atoms with Gasteiger partial charge in [0.25, 0.3) is 0 Å². The Morgan fingerprint density at radius 2 is 1.60 bits per heavy atom.